The fourth-order valence-electron chi connectivity index (χ4n) is 2.14. The summed E-state index contributed by atoms with van der Waals surface area (Å²) in [6.45, 7) is 0. The molecule has 23 heavy (non-hydrogen) atoms. The minimum atomic E-state index is -0.272. The van der Waals surface area contributed by atoms with E-state index in [2.05, 4.69) is 15.3 Å². The van der Waals surface area contributed by atoms with Crippen molar-refractivity contribution in [3.8, 4) is 0 Å². The molecular weight excluding hydrogens is 313 g/mol. The van der Waals surface area contributed by atoms with E-state index < -0.39 is 0 Å². The van der Waals surface area contributed by atoms with E-state index in [0.29, 0.717) is 10.8 Å². The summed E-state index contributed by atoms with van der Waals surface area (Å²) in [6, 6.07) is 13.7. The van der Waals surface area contributed by atoms with Crippen LogP contribution in [-0.4, -0.2) is 9.97 Å². The lowest BCUT2D eigenvalue weighted by Gasteiger charge is -2.10. The molecule has 0 aliphatic heterocycles. The zero-order chi connectivity index (χ0) is 16.1. The molecule has 0 amide bonds. The van der Waals surface area contributed by atoms with E-state index >= 15 is 0 Å². The number of hydrogen-bond acceptors (Lipinski definition) is 3. The van der Waals surface area contributed by atoms with Gasteiger partial charge in [0.05, 0.1) is 5.69 Å². The molecule has 3 aromatic rings. The molecule has 0 saturated carbocycles. The quantitative estimate of drug-likeness (QED) is 0.702. The fraction of sp³-hybridized carbons (Fsp3) is 0. The van der Waals surface area contributed by atoms with Crippen molar-refractivity contribution < 1.29 is 4.39 Å². The summed E-state index contributed by atoms with van der Waals surface area (Å²) in [5, 5.41) is 3.54. The molecule has 1 N–H and O–H groups in total. The highest BCUT2D eigenvalue weighted by atomic mass is 35.5. The smallest absolute Gasteiger partial charge is 0.152 e. The van der Waals surface area contributed by atoms with Gasteiger partial charge in [0.15, 0.2) is 5.15 Å². The standard InChI is InChI=1S/C18H13ClFN3/c19-18-17(2-1-9-22-18)23-12-16(14-7-10-21-11-8-14)13-3-5-15(20)6-4-13/h1-12,23H. The topological polar surface area (TPSA) is 37.8 Å². The SMILES string of the molecule is Fc1ccc(C(=CNc2cccnc2Cl)c2ccncc2)cc1. The van der Waals surface area contributed by atoms with Crippen LogP contribution in [0.4, 0.5) is 10.1 Å². The van der Waals surface area contributed by atoms with Gasteiger partial charge in [-0.2, -0.15) is 0 Å². The fourth-order valence-corrected chi connectivity index (χ4v) is 2.31. The normalized spacial score (nSPS) is 11.3. The summed E-state index contributed by atoms with van der Waals surface area (Å²) >= 11 is 6.06. The molecule has 0 spiro atoms. The number of halogens is 2. The Morgan fingerprint density at radius 3 is 2.35 bits per heavy atom. The van der Waals surface area contributed by atoms with Crippen molar-refractivity contribution in [1.29, 1.82) is 0 Å². The Balaban J connectivity index is 2.00. The summed E-state index contributed by atoms with van der Waals surface area (Å²) in [5.41, 5.74) is 3.43. The first-order valence-corrected chi connectivity index (χ1v) is 7.35. The summed E-state index contributed by atoms with van der Waals surface area (Å²) < 4.78 is 13.2. The minimum Gasteiger partial charge on any atom is -0.359 e. The van der Waals surface area contributed by atoms with Gasteiger partial charge >= 0.3 is 0 Å². The Bertz CT molecular complexity index is 817. The number of anilines is 1. The Hall–Kier alpha value is -2.72. The zero-order valence-electron chi connectivity index (χ0n) is 12.1. The third-order valence-corrected chi connectivity index (χ3v) is 3.58. The van der Waals surface area contributed by atoms with Gasteiger partial charge in [-0.25, -0.2) is 9.37 Å². The maximum Gasteiger partial charge on any atom is 0.152 e. The molecule has 1 aromatic carbocycles. The van der Waals surface area contributed by atoms with Gasteiger partial charge in [0.2, 0.25) is 0 Å². The molecule has 2 heterocycles. The van der Waals surface area contributed by atoms with Gasteiger partial charge in [-0.3, -0.25) is 4.98 Å². The summed E-state index contributed by atoms with van der Waals surface area (Å²) in [5.74, 6) is -0.272. The Labute approximate surface area is 138 Å². The highest BCUT2D eigenvalue weighted by molar-refractivity contribution is 6.32. The first-order chi connectivity index (χ1) is 11.2. The van der Waals surface area contributed by atoms with Gasteiger partial charge in [-0.05, 0) is 47.5 Å². The van der Waals surface area contributed by atoms with Crippen LogP contribution in [0.3, 0.4) is 0 Å². The van der Waals surface area contributed by atoms with Crippen LogP contribution < -0.4 is 5.32 Å². The first kappa shape index (κ1) is 15.2. The van der Waals surface area contributed by atoms with Crippen molar-refractivity contribution >= 4 is 22.9 Å². The highest BCUT2D eigenvalue weighted by Crippen LogP contribution is 2.25. The number of pyridine rings is 2. The predicted molar refractivity (Wildman–Crippen MR) is 90.6 cm³/mol. The molecule has 0 atom stereocenters. The van der Waals surface area contributed by atoms with Crippen molar-refractivity contribution in [2.45, 2.75) is 0 Å². The predicted octanol–water partition coefficient (Wildman–Crippen LogP) is 4.77. The van der Waals surface area contributed by atoms with Crippen molar-refractivity contribution in [3.63, 3.8) is 0 Å². The van der Waals surface area contributed by atoms with Gasteiger partial charge in [0, 0.05) is 30.4 Å². The lowest BCUT2D eigenvalue weighted by Crippen LogP contribution is -1.96. The largest absolute Gasteiger partial charge is 0.359 e. The lowest BCUT2D eigenvalue weighted by molar-refractivity contribution is 0.627. The van der Waals surface area contributed by atoms with E-state index in [9.17, 15) is 4.39 Å². The van der Waals surface area contributed by atoms with E-state index in [1.807, 2.05) is 24.4 Å². The van der Waals surface area contributed by atoms with Crippen LogP contribution in [-0.2, 0) is 0 Å². The van der Waals surface area contributed by atoms with Crippen LogP contribution in [0.1, 0.15) is 11.1 Å². The van der Waals surface area contributed by atoms with E-state index in [4.69, 9.17) is 11.6 Å². The number of rotatable bonds is 4. The van der Waals surface area contributed by atoms with Gasteiger partial charge in [0.25, 0.3) is 0 Å². The average molecular weight is 326 g/mol. The second-order valence-electron chi connectivity index (χ2n) is 4.79. The molecule has 5 heteroatoms. The maximum atomic E-state index is 13.2. The number of nitrogens with zero attached hydrogens (tertiary/aromatic N) is 2. The third-order valence-electron chi connectivity index (χ3n) is 3.28. The monoisotopic (exact) mass is 325 g/mol. The lowest BCUT2D eigenvalue weighted by atomic mass is 10.00. The van der Waals surface area contributed by atoms with E-state index in [-0.39, 0.29) is 5.82 Å². The molecule has 0 aliphatic rings. The van der Waals surface area contributed by atoms with E-state index in [0.717, 1.165) is 16.7 Å². The summed E-state index contributed by atoms with van der Waals surface area (Å²) in [4.78, 5) is 8.06. The molecule has 0 aliphatic carbocycles. The maximum absolute atomic E-state index is 13.2. The molecule has 3 nitrogen and oxygen atoms in total. The molecule has 0 bridgehead atoms. The molecule has 0 radical (unpaired) electrons. The molecular formula is C18H13ClFN3. The summed E-state index contributed by atoms with van der Waals surface area (Å²) in [6.07, 6.45) is 6.87. The third kappa shape index (κ3) is 3.73. The second-order valence-corrected chi connectivity index (χ2v) is 5.14. The van der Waals surface area contributed by atoms with Crippen LogP contribution in [0.5, 0.6) is 0 Å². The number of benzene rings is 1. The molecule has 0 fully saturated rings. The highest BCUT2D eigenvalue weighted by Gasteiger charge is 2.06. The molecule has 3 rings (SSSR count). The zero-order valence-corrected chi connectivity index (χ0v) is 12.8. The van der Waals surface area contributed by atoms with Gasteiger partial charge in [0.1, 0.15) is 5.82 Å². The Morgan fingerprint density at radius 1 is 0.957 bits per heavy atom. The van der Waals surface area contributed by atoms with Crippen LogP contribution in [0, 0.1) is 5.82 Å². The molecule has 0 unspecified atom stereocenters. The van der Waals surface area contributed by atoms with Crippen molar-refractivity contribution in [2.24, 2.45) is 0 Å². The number of hydrogen-bond donors (Lipinski definition) is 1. The van der Waals surface area contributed by atoms with Crippen LogP contribution >= 0.6 is 11.6 Å². The second kappa shape index (κ2) is 7.03. The van der Waals surface area contributed by atoms with Gasteiger partial charge in [-0.1, -0.05) is 23.7 Å². The molecule has 0 saturated heterocycles. The first-order valence-electron chi connectivity index (χ1n) is 6.97. The van der Waals surface area contributed by atoms with Crippen molar-refractivity contribution in [3.05, 3.63) is 95.4 Å². The Morgan fingerprint density at radius 2 is 1.65 bits per heavy atom. The van der Waals surface area contributed by atoms with Crippen molar-refractivity contribution in [1.82, 2.24) is 9.97 Å². The molecule has 2 aromatic heterocycles. The van der Waals surface area contributed by atoms with Crippen LogP contribution in [0.25, 0.3) is 5.57 Å². The van der Waals surface area contributed by atoms with Crippen LogP contribution in [0.15, 0.2) is 73.3 Å². The average Bonchev–Trinajstić information content (AvgIpc) is 2.59. The van der Waals surface area contributed by atoms with Crippen LogP contribution in [0.2, 0.25) is 5.15 Å². The number of aromatic nitrogens is 2. The Kier molecular flexibility index (Phi) is 4.64. The number of nitrogens with one attached hydrogen (secondary N) is 1. The van der Waals surface area contributed by atoms with Gasteiger partial charge in [-0.15, -0.1) is 0 Å². The van der Waals surface area contributed by atoms with E-state index in [1.54, 1.807) is 36.8 Å². The summed E-state index contributed by atoms with van der Waals surface area (Å²) in [7, 11) is 0. The molecule has 114 valence electrons. The minimum absolute atomic E-state index is 0.272. The van der Waals surface area contributed by atoms with E-state index in [1.165, 1.54) is 12.1 Å². The van der Waals surface area contributed by atoms with Crippen molar-refractivity contribution in [2.75, 3.05) is 5.32 Å². The van der Waals surface area contributed by atoms with Gasteiger partial charge < -0.3 is 5.32 Å².